The fraction of sp³-hybridized carbons (Fsp3) is 0.625. The number of allylic oxidation sites excluding steroid dienone is 1. The van der Waals surface area contributed by atoms with E-state index in [1.54, 1.807) is 7.11 Å². The van der Waals surface area contributed by atoms with Gasteiger partial charge in [-0.15, -0.1) is 0 Å². The molecule has 1 rings (SSSR count). The van der Waals surface area contributed by atoms with Crippen molar-refractivity contribution in [2.45, 2.75) is 25.7 Å². The van der Waals surface area contributed by atoms with Gasteiger partial charge in [0.05, 0.1) is 5.71 Å². The lowest BCUT2D eigenvalue weighted by Crippen LogP contribution is -2.08. The highest BCUT2D eigenvalue weighted by Gasteiger charge is 2.10. The first kappa shape index (κ1) is 7.32. The van der Waals surface area contributed by atoms with Gasteiger partial charge in [0, 0.05) is 0 Å². The Labute approximate surface area is 61.6 Å². The summed E-state index contributed by atoms with van der Waals surface area (Å²) in [5.74, 6) is 0. The standard InChI is InChI=1S/C8H13NO/c1-7-5-3-4-6-8(7)9-10-2/h1,3-6H2,2H3/b9-8-. The molecule has 2 nitrogen and oxygen atoms in total. The van der Waals surface area contributed by atoms with E-state index in [4.69, 9.17) is 0 Å². The first-order chi connectivity index (χ1) is 4.84. The third kappa shape index (κ3) is 1.59. The van der Waals surface area contributed by atoms with E-state index < -0.39 is 0 Å². The van der Waals surface area contributed by atoms with Crippen molar-refractivity contribution < 1.29 is 4.84 Å². The summed E-state index contributed by atoms with van der Waals surface area (Å²) in [4.78, 5) is 4.68. The van der Waals surface area contributed by atoms with Gasteiger partial charge in [0.1, 0.15) is 7.11 Å². The quantitative estimate of drug-likeness (QED) is 0.510. The van der Waals surface area contributed by atoms with Crippen LogP contribution in [0.4, 0.5) is 0 Å². The van der Waals surface area contributed by atoms with Crippen molar-refractivity contribution in [1.29, 1.82) is 0 Å². The van der Waals surface area contributed by atoms with Crippen molar-refractivity contribution in [3.63, 3.8) is 0 Å². The Bertz CT molecular complexity index is 161. The largest absolute Gasteiger partial charge is 0.399 e. The lowest BCUT2D eigenvalue weighted by molar-refractivity contribution is 0.212. The van der Waals surface area contributed by atoms with E-state index in [1.165, 1.54) is 12.8 Å². The maximum Gasteiger partial charge on any atom is 0.106 e. The Hall–Kier alpha value is -0.790. The average Bonchev–Trinajstić information content (AvgIpc) is 1.94. The zero-order valence-corrected chi connectivity index (χ0v) is 6.39. The molecule has 1 aliphatic rings. The van der Waals surface area contributed by atoms with Crippen LogP contribution in [0, 0.1) is 0 Å². The van der Waals surface area contributed by atoms with Crippen LogP contribution in [0.25, 0.3) is 0 Å². The van der Waals surface area contributed by atoms with Crippen LogP contribution in [-0.4, -0.2) is 12.8 Å². The lowest BCUT2D eigenvalue weighted by atomic mass is 9.94. The number of oxime groups is 1. The van der Waals surface area contributed by atoms with E-state index in [1.807, 2.05) is 0 Å². The molecule has 56 valence electrons. The fourth-order valence-corrected chi connectivity index (χ4v) is 1.17. The van der Waals surface area contributed by atoms with Gasteiger partial charge in [-0.3, -0.25) is 0 Å². The lowest BCUT2D eigenvalue weighted by Gasteiger charge is -2.13. The van der Waals surface area contributed by atoms with Crippen molar-refractivity contribution >= 4 is 5.71 Å². The summed E-state index contributed by atoms with van der Waals surface area (Å²) in [6.45, 7) is 3.90. The highest BCUT2D eigenvalue weighted by molar-refractivity contribution is 5.99. The van der Waals surface area contributed by atoms with Crippen molar-refractivity contribution in [2.24, 2.45) is 5.16 Å². The molecule has 0 heterocycles. The molecule has 0 N–H and O–H groups in total. The molecule has 1 saturated carbocycles. The van der Waals surface area contributed by atoms with E-state index in [0.29, 0.717) is 0 Å². The summed E-state index contributed by atoms with van der Waals surface area (Å²) < 4.78 is 0. The molecule has 0 bridgehead atoms. The predicted octanol–water partition coefficient (Wildman–Crippen LogP) is 2.12. The molecule has 0 spiro atoms. The second-order valence-electron chi connectivity index (χ2n) is 2.53. The zero-order valence-electron chi connectivity index (χ0n) is 6.39. The van der Waals surface area contributed by atoms with Crippen molar-refractivity contribution in [3.05, 3.63) is 12.2 Å². The first-order valence-electron chi connectivity index (χ1n) is 3.63. The Morgan fingerprint density at radius 3 is 2.70 bits per heavy atom. The van der Waals surface area contributed by atoms with Gasteiger partial charge < -0.3 is 4.84 Å². The number of hydrogen-bond acceptors (Lipinski definition) is 2. The molecule has 0 amide bonds. The van der Waals surface area contributed by atoms with Crippen LogP contribution < -0.4 is 0 Å². The van der Waals surface area contributed by atoms with Crippen LogP contribution in [0.15, 0.2) is 17.3 Å². The molecular weight excluding hydrogens is 126 g/mol. The zero-order chi connectivity index (χ0) is 7.40. The molecule has 0 radical (unpaired) electrons. The highest BCUT2D eigenvalue weighted by Crippen LogP contribution is 2.19. The maximum absolute atomic E-state index is 4.68. The van der Waals surface area contributed by atoms with Gasteiger partial charge in [-0.2, -0.15) is 0 Å². The molecule has 1 aliphatic carbocycles. The number of nitrogens with zero attached hydrogens (tertiary/aromatic N) is 1. The minimum Gasteiger partial charge on any atom is -0.399 e. The van der Waals surface area contributed by atoms with Gasteiger partial charge in [-0.1, -0.05) is 11.7 Å². The molecule has 0 aliphatic heterocycles. The van der Waals surface area contributed by atoms with E-state index in [-0.39, 0.29) is 0 Å². The van der Waals surface area contributed by atoms with Gasteiger partial charge >= 0.3 is 0 Å². The second-order valence-corrected chi connectivity index (χ2v) is 2.53. The van der Waals surface area contributed by atoms with Crippen LogP contribution in [-0.2, 0) is 4.84 Å². The fourth-order valence-electron chi connectivity index (χ4n) is 1.17. The van der Waals surface area contributed by atoms with Crippen LogP contribution >= 0.6 is 0 Å². The summed E-state index contributed by atoms with van der Waals surface area (Å²) >= 11 is 0. The normalized spacial score (nSPS) is 23.3. The summed E-state index contributed by atoms with van der Waals surface area (Å²) in [6.07, 6.45) is 4.59. The van der Waals surface area contributed by atoms with E-state index >= 15 is 0 Å². The highest BCUT2D eigenvalue weighted by atomic mass is 16.6. The molecule has 2 heteroatoms. The third-order valence-electron chi connectivity index (χ3n) is 1.75. The van der Waals surface area contributed by atoms with Gasteiger partial charge in [-0.05, 0) is 31.3 Å². The van der Waals surface area contributed by atoms with Gasteiger partial charge in [0.15, 0.2) is 0 Å². The van der Waals surface area contributed by atoms with Crippen LogP contribution in [0.2, 0.25) is 0 Å². The van der Waals surface area contributed by atoms with Crippen LogP contribution in [0.3, 0.4) is 0 Å². The minimum atomic E-state index is 1.03. The molecule has 0 aromatic carbocycles. The smallest absolute Gasteiger partial charge is 0.106 e. The molecule has 0 saturated heterocycles. The number of hydrogen-bond donors (Lipinski definition) is 0. The predicted molar refractivity (Wildman–Crippen MR) is 42.1 cm³/mol. The second kappa shape index (κ2) is 3.40. The number of rotatable bonds is 1. The topological polar surface area (TPSA) is 21.6 Å². The van der Waals surface area contributed by atoms with Crippen molar-refractivity contribution in [2.75, 3.05) is 7.11 Å². The van der Waals surface area contributed by atoms with Crippen molar-refractivity contribution in [3.8, 4) is 0 Å². The maximum atomic E-state index is 4.68. The van der Waals surface area contributed by atoms with Crippen LogP contribution in [0.1, 0.15) is 25.7 Å². The third-order valence-corrected chi connectivity index (χ3v) is 1.75. The van der Waals surface area contributed by atoms with E-state index in [9.17, 15) is 0 Å². The van der Waals surface area contributed by atoms with Gasteiger partial charge in [-0.25, -0.2) is 0 Å². The monoisotopic (exact) mass is 139 g/mol. The Kier molecular flexibility index (Phi) is 2.49. The molecule has 0 aromatic rings. The molecular formula is C8H13NO. The molecule has 0 aromatic heterocycles. The SMILES string of the molecule is C=C1CCCC/C1=N/OC. The first-order valence-corrected chi connectivity index (χ1v) is 3.63. The minimum absolute atomic E-state index is 1.03. The molecule has 10 heavy (non-hydrogen) atoms. The summed E-state index contributed by atoms with van der Waals surface area (Å²) in [5, 5.41) is 3.88. The summed E-state index contributed by atoms with van der Waals surface area (Å²) in [7, 11) is 1.58. The van der Waals surface area contributed by atoms with E-state index in [2.05, 4.69) is 16.6 Å². The van der Waals surface area contributed by atoms with Gasteiger partial charge in [0.25, 0.3) is 0 Å². The molecule has 0 unspecified atom stereocenters. The Balaban J connectivity index is 2.56. The van der Waals surface area contributed by atoms with Gasteiger partial charge in [0.2, 0.25) is 0 Å². The summed E-state index contributed by atoms with van der Waals surface area (Å²) in [6, 6.07) is 0. The van der Waals surface area contributed by atoms with Crippen molar-refractivity contribution in [1.82, 2.24) is 0 Å². The Morgan fingerprint density at radius 1 is 1.40 bits per heavy atom. The average molecular weight is 139 g/mol. The van der Waals surface area contributed by atoms with Crippen LogP contribution in [0.5, 0.6) is 0 Å². The molecule has 0 atom stereocenters. The molecule has 1 fully saturated rings. The Morgan fingerprint density at radius 2 is 2.10 bits per heavy atom. The van der Waals surface area contributed by atoms with E-state index in [0.717, 1.165) is 24.1 Å². The summed E-state index contributed by atoms with van der Waals surface area (Å²) in [5.41, 5.74) is 2.20.